The Morgan fingerprint density at radius 3 is 2.33 bits per heavy atom. The lowest BCUT2D eigenvalue weighted by atomic mass is 10.0. The molecule has 8 nitrogen and oxygen atoms in total. The maximum absolute atomic E-state index is 14.3. The Bertz CT molecular complexity index is 1880. The zero-order valence-corrected chi connectivity index (χ0v) is 26.1. The molecule has 0 bridgehead atoms. The highest BCUT2D eigenvalue weighted by atomic mass is 32.2. The van der Waals surface area contributed by atoms with Crippen molar-refractivity contribution in [2.45, 2.75) is 24.8 Å². The third-order valence-corrected chi connectivity index (χ3v) is 9.24. The standard InChI is InChI=1S/C34H34F2N6O2S/c1-21(2)41-12-14-42(15-13-41)27-8-4-22(5-9-27)28-17-24-16-23(6-10-30(24)39-33(28)37)25-18-31(34(44-3)38-20-25)40-45(43)32-11-7-26(35)19-29(32)36/h4-11,16-21,40H,12-15H2,1-3H3,(H2,37,39). The molecule has 1 unspecified atom stereocenters. The number of nitrogen functional groups attached to an aromatic ring is 1. The molecule has 1 fully saturated rings. The molecule has 0 radical (unpaired) electrons. The van der Waals surface area contributed by atoms with E-state index < -0.39 is 22.6 Å². The van der Waals surface area contributed by atoms with Crippen molar-refractivity contribution in [3.63, 3.8) is 0 Å². The number of nitrogens with one attached hydrogen (secondary N) is 1. The van der Waals surface area contributed by atoms with Crippen LogP contribution in [-0.4, -0.2) is 58.4 Å². The number of rotatable bonds is 8. The highest BCUT2D eigenvalue weighted by Gasteiger charge is 2.20. The van der Waals surface area contributed by atoms with Gasteiger partial charge in [0.05, 0.1) is 17.5 Å². The predicted molar refractivity (Wildman–Crippen MR) is 177 cm³/mol. The van der Waals surface area contributed by atoms with Gasteiger partial charge in [0, 0.05) is 66.7 Å². The lowest BCUT2D eigenvalue weighted by molar-refractivity contribution is 0.209. The summed E-state index contributed by atoms with van der Waals surface area (Å²) in [5.41, 5.74) is 12.0. The van der Waals surface area contributed by atoms with Gasteiger partial charge in [-0.15, -0.1) is 0 Å². The van der Waals surface area contributed by atoms with Crippen molar-refractivity contribution in [1.29, 1.82) is 0 Å². The number of anilines is 3. The lowest BCUT2D eigenvalue weighted by Crippen LogP contribution is -2.48. The molecule has 1 saturated heterocycles. The molecule has 11 heteroatoms. The van der Waals surface area contributed by atoms with Crippen LogP contribution in [-0.2, 0) is 11.0 Å². The van der Waals surface area contributed by atoms with Gasteiger partial charge in [0.25, 0.3) is 0 Å². The van der Waals surface area contributed by atoms with Crippen LogP contribution in [0.4, 0.5) is 26.0 Å². The first kappa shape index (κ1) is 30.4. The smallest absolute Gasteiger partial charge is 0.238 e. The van der Waals surface area contributed by atoms with Crippen LogP contribution >= 0.6 is 0 Å². The fraction of sp³-hybridized carbons (Fsp3) is 0.235. The van der Waals surface area contributed by atoms with E-state index >= 15 is 0 Å². The van der Waals surface area contributed by atoms with Crippen LogP contribution in [0.1, 0.15) is 13.8 Å². The van der Waals surface area contributed by atoms with Gasteiger partial charge >= 0.3 is 0 Å². The van der Waals surface area contributed by atoms with Crippen LogP contribution in [0.3, 0.4) is 0 Å². The maximum atomic E-state index is 14.3. The minimum atomic E-state index is -2.03. The zero-order valence-electron chi connectivity index (χ0n) is 25.3. The predicted octanol–water partition coefficient (Wildman–Crippen LogP) is 6.50. The van der Waals surface area contributed by atoms with E-state index in [1.165, 1.54) is 12.8 Å². The molecule has 0 spiro atoms. The van der Waals surface area contributed by atoms with Gasteiger partial charge in [-0.05, 0) is 73.5 Å². The number of methoxy groups -OCH3 is 1. The molecule has 0 amide bonds. The average molecular weight is 629 g/mol. The molecule has 2 aromatic heterocycles. The quantitative estimate of drug-likeness (QED) is 0.203. The summed E-state index contributed by atoms with van der Waals surface area (Å²) in [5, 5.41) is 0.882. The Hall–Kier alpha value is -4.61. The second-order valence-electron chi connectivity index (χ2n) is 11.2. The molecule has 45 heavy (non-hydrogen) atoms. The molecule has 1 aliphatic rings. The molecule has 1 aliphatic heterocycles. The monoisotopic (exact) mass is 628 g/mol. The molecule has 6 rings (SSSR count). The number of hydrogen-bond acceptors (Lipinski definition) is 7. The largest absolute Gasteiger partial charge is 0.480 e. The minimum Gasteiger partial charge on any atom is -0.480 e. The first-order valence-corrected chi connectivity index (χ1v) is 15.8. The Morgan fingerprint density at radius 1 is 0.911 bits per heavy atom. The summed E-state index contributed by atoms with van der Waals surface area (Å²) < 4.78 is 48.6. The Labute approximate surface area is 263 Å². The summed E-state index contributed by atoms with van der Waals surface area (Å²) in [6.07, 6.45) is 1.64. The van der Waals surface area contributed by atoms with E-state index in [9.17, 15) is 13.0 Å². The first-order chi connectivity index (χ1) is 21.7. The van der Waals surface area contributed by atoms with E-state index in [4.69, 9.17) is 10.5 Å². The Balaban J connectivity index is 1.26. The average Bonchev–Trinajstić information content (AvgIpc) is 3.04. The topological polar surface area (TPSA) is 96.6 Å². The lowest BCUT2D eigenvalue weighted by Gasteiger charge is -2.38. The second-order valence-corrected chi connectivity index (χ2v) is 12.4. The second kappa shape index (κ2) is 12.8. The molecule has 3 heterocycles. The fourth-order valence-electron chi connectivity index (χ4n) is 5.58. The van der Waals surface area contributed by atoms with Gasteiger partial charge < -0.3 is 15.4 Å². The SMILES string of the molecule is COc1ncc(-c2ccc3nc(N)c(-c4ccc(N5CCN(C(C)C)CC5)cc4)cc3c2)cc1NS(=O)c1ccc(F)cc1F. The summed E-state index contributed by atoms with van der Waals surface area (Å²) in [6, 6.07) is 21.4. The molecule has 5 aromatic rings. The fourth-order valence-corrected chi connectivity index (χ4v) is 6.46. The van der Waals surface area contributed by atoms with E-state index in [0.717, 1.165) is 65.9 Å². The summed E-state index contributed by atoms with van der Waals surface area (Å²) in [5.74, 6) is -1.04. The van der Waals surface area contributed by atoms with E-state index in [-0.39, 0.29) is 10.8 Å². The number of fused-ring (bicyclic) bond motifs is 1. The van der Waals surface area contributed by atoms with Crippen LogP contribution in [0.15, 0.2) is 83.9 Å². The molecular weight excluding hydrogens is 594 g/mol. The molecule has 232 valence electrons. The molecule has 3 aromatic carbocycles. The van der Waals surface area contributed by atoms with Gasteiger partial charge in [-0.2, -0.15) is 0 Å². The van der Waals surface area contributed by atoms with Gasteiger partial charge in [0.1, 0.15) is 23.1 Å². The van der Waals surface area contributed by atoms with Gasteiger partial charge in [-0.3, -0.25) is 9.62 Å². The minimum absolute atomic E-state index is 0.178. The van der Waals surface area contributed by atoms with Crippen molar-refractivity contribution in [3.05, 3.63) is 90.6 Å². The van der Waals surface area contributed by atoms with Crippen LogP contribution in [0.25, 0.3) is 33.2 Å². The van der Waals surface area contributed by atoms with Crippen LogP contribution < -0.4 is 20.1 Å². The van der Waals surface area contributed by atoms with E-state index in [0.29, 0.717) is 29.2 Å². The number of benzene rings is 3. The number of piperazine rings is 1. The Morgan fingerprint density at radius 2 is 1.64 bits per heavy atom. The van der Waals surface area contributed by atoms with Crippen LogP contribution in [0.5, 0.6) is 5.88 Å². The van der Waals surface area contributed by atoms with Crippen molar-refractivity contribution in [2.24, 2.45) is 0 Å². The Kier molecular flexibility index (Phi) is 8.64. The van der Waals surface area contributed by atoms with E-state index in [1.807, 2.05) is 24.3 Å². The number of pyridine rings is 2. The number of nitrogens with two attached hydrogens (primary N) is 1. The number of halogens is 2. The van der Waals surface area contributed by atoms with Crippen molar-refractivity contribution in [1.82, 2.24) is 14.9 Å². The van der Waals surface area contributed by atoms with Crippen molar-refractivity contribution in [3.8, 4) is 28.1 Å². The van der Waals surface area contributed by atoms with Crippen LogP contribution in [0.2, 0.25) is 0 Å². The molecule has 0 aliphatic carbocycles. The van der Waals surface area contributed by atoms with E-state index in [2.05, 4.69) is 62.6 Å². The third-order valence-electron chi connectivity index (χ3n) is 8.11. The molecule has 3 N–H and O–H groups in total. The summed E-state index contributed by atoms with van der Waals surface area (Å²) in [6.45, 7) is 8.57. The van der Waals surface area contributed by atoms with E-state index in [1.54, 1.807) is 12.3 Å². The van der Waals surface area contributed by atoms with Crippen molar-refractivity contribution >= 4 is 39.1 Å². The summed E-state index contributed by atoms with van der Waals surface area (Å²) >= 11 is 0. The number of ether oxygens (including phenoxy) is 1. The van der Waals surface area contributed by atoms with Gasteiger partial charge in [0.15, 0.2) is 11.0 Å². The number of nitrogens with zero attached hydrogens (tertiary/aromatic N) is 4. The highest BCUT2D eigenvalue weighted by molar-refractivity contribution is 7.86. The highest BCUT2D eigenvalue weighted by Crippen LogP contribution is 2.34. The first-order valence-electron chi connectivity index (χ1n) is 14.7. The van der Waals surface area contributed by atoms with Gasteiger partial charge in [-0.1, -0.05) is 18.2 Å². The summed E-state index contributed by atoms with van der Waals surface area (Å²) in [7, 11) is -0.596. The molecular formula is C34H34F2N6O2S. The van der Waals surface area contributed by atoms with Crippen molar-refractivity contribution < 1.29 is 17.7 Å². The molecule has 1 atom stereocenters. The van der Waals surface area contributed by atoms with Gasteiger partial charge in [0.2, 0.25) is 5.88 Å². The number of aromatic nitrogens is 2. The zero-order chi connectivity index (χ0) is 31.7. The number of hydrogen-bond donors (Lipinski definition) is 2. The summed E-state index contributed by atoms with van der Waals surface area (Å²) in [4.78, 5) is 13.7. The van der Waals surface area contributed by atoms with Gasteiger partial charge in [-0.25, -0.2) is 23.0 Å². The van der Waals surface area contributed by atoms with Crippen molar-refractivity contribution in [2.75, 3.05) is 48.6 Å². The van der Waals surface area contributed by atoms with Crippen LogP contribution in [0, 0.1) is 11.6 Å². The normalized spacial score (nSPS) is 14.6. The maximum Gasteiger partial charge on any atom is 0.238 e. The molecule has 0 saturated carbocycles. The third kappa shape index (κ3) is 6.45.